The number of hydrogen-bond donors (Lipinski definition) is 3. The molecule has 1 unspecified atom stereocenters. The van der Waals surface area contributed by atoms with Crippen LogP contribution in [0.1, 0.15) is 42.6 Å². The Labute approximate surface area is 279 Å². The van der Waals surface area contributed by atoms with E-state index in [0.29, 0.717) is 6.42 Å². The van der Waals surface area contributed by atoms with Gasteiger partial charge in [0.15, 0.2) is 11.6 Å². The average Bonchev–Trinajstić information content (AvgIpc) is 3.01. The Hall–Kier alpha value is -4.32. The second-order valence-electron chi connectivity index (χ2n) is 11.8. The molecule has 0 spiro atoms. The number of sulfonamides is 3. The maximum Gasteiger partial charge on any atom is 0.286 e. The molecule has 256 valence electrons. The minimum absolute atomic E-state index is 0.00607. The molecule has 0 fully saturated rings. The van der Waals surface area contributed by atoms with E-state index < -0.39 is 63.8 Å². The van der Waals surface area contributed by atoms with E-state index in [4.69, 9.17) is 9.47 Å². The van der Waals surface area contributed by atoms with Crippen LogP contribution in [-0.4, -0.2) is 63.1 Å². The second-order valence-corrected chi connectivity index (χ2v) is 16.8. The van der Waals surface area contributed by atoms with Gasteiger partial charge in [-0.2, -0.15) is 13.1 Å². The molecule has 0 aromatic heterocycles. The molecule has 1 aliphatic heterocycles. The van der Waals surface area contributed by atoms with Crippen molar-refractivity contribution < 1.29 is 44.3 Å². The quantitative estimate of drug-likeness (QED) is 0.246. The van der Waals surface area contributed by atoms with Crippen molar-refractivity contribution in [3.05, 3.63) is 71.8 Å². The topological polar surface area (TPSA) is 203 Å². The van der Waals surface area contributed by atoms with Crippen molar-refractivity contribution in [2.45, 2.75) is 42.0 Å². The Kier molecular flexibility index (Phi) is 9.19. The van der Waals surface area contributed by atoms with Crippen molar-refractivity contribution >= 4 is 58.8 Å². The first-order valence-corrected chi connectivity index (χ1v) is 19.4. The van der Waals surface area contributed by atoms with Gasteiger partial charge >= 0.3 is 0 Å². The normalized spacial score (nSPS) is 20.3. The van der Waals surface area contributed by atoms with Crippen LogP contribution in [0.15, 0.2) is 74.9 Å². The number of rotatable bonds is 11. The maximum atomic E-state index is 14.9. The van der Waals surface area contributed by atoms with Crippen molar-refractivity contribution in [3.8, 4) is 11.5 Å². The third kappa shape index (κ3) is 6.54. The molecule has 5 rings (SSSR count). The van der Waals surface area contributed by atoms with Gasteiger partial charge in [-0.05, 0) is 54.7 Å². The summed E-state index contributed by atoms with van der Waals surface area (Å²) in [6.07, 6.45) is 1.14. The molecular formula is C31H34N4O10S3. The molecule has 17 heteroatoms. The summed E-state index contributed by atoms with van der Waals surface area (Å²) < 4.78 is 98.0. The van der Waals surface area contributed by atoms with Crippen molar-refractivity contribution in [2.75, 3.05) is 30.5 Å². The van der Waals surface area contributed by atoms with Gasteiger partial charge in [-0.15, -0.1) is 4.40 Å². The van der Waals surface area contributed by atoms with E-state index in [2.05, 4.69) is 19.2 Å². The molecule has 1 aliphatic carbocycles. The fourth-order valence-electron chi connectivity index (χ4n) is 5.75. The molecule has 0 radical (unpaired) electrons. The van der Waals surface area contributed by atoms with E-state index in [0.717, 1.165) is 12.3 Å². The van der Waals surface area contributed by atoms with Gasteiger partial charge in [0.05, 0.1) is 26.2 Å². The average molecular weight is 719 g/mol. The maximum absolute atomic E-state index is 14.9. The molecular weight excluding hydrogens is 685 g/mol. The van der Waals surface area contributed by atoms with Gasteiger partial charge < -0.3 is 14.8 Å². The fraction of sp³-hybridized carbons (Fsp3) is 0.323. The summed E-state index contributed by atoms with van der Waals surface area (Å²) in [6.45, 7) is 3.77. The zero-order valence-electron chi connectivity index (χ0n) is 26.6. The highest BCUT2D eigenvalue weighted by molar-refractivity contribution is 7.92. The van der Waals surface area contributed by atoms with Gasteiger partial charge in [-0.3, -0.25) is 14.3 Å². The van der Waals surface area contributed by atoms with E-state index in [1.54, 1.807) is 12.1 Å². The van der Waals surface area contributed by atoms with E-state index in [9.17, 15) is 34.8 Å². The Morgan fingerprint density at radius 2 is 1.69 bits per heavy atom. The lowest BCUT2D eigenvalue weighted by molar-refractivity contribution is -0.127. The van der Waals surface area contributed by atoms with Gasteiger partial charge in [0.1, 0.15) is 38.6 Å². The third-order valence-corrected chi connectivity index (χ3v) is 11.4. The molecule has 0 amide bonds. The number of nitrogens with zero attached hydrogens (tertiary/aromatic N) is 1. The third-order valence-electron chi connectivity index (χ3n) is 7.98. The van der Waals surface area contributed by atoms with Crippen LogP contribution in [0.25, 0.3) is 0 Å². The molecule has 3 aromatic rings. The summed E-state index contributed by atoms with van der Waals surface area (Å²) in [5.74, 6) is -3.94. The minimum Gasteiger partial charge on any atom is -0.497 e. The summed E-state index contributed by atoms with van der Waals surface area (Å²) in [6, 6.07) is 13.8. The van der Waals surface area contributed by atoms with Crippen LogP contribution in [0.5, 0.6) is 11.5 Å². The number of carbonyl (C=O) groups is 2. The van der Waals surface area contributed by atoms with Crippen molar-refractivity contribution in [2.24, 2.45) is 16.2 Å². The minimum atomic E-state index is -4.60. The van der Waals surface area contributed by atoms with Gasteiger partial charge in [0.2, 0.25) is 20.0 Å². The SMILES string of the molecule is COc1ccc(OC)c(S(=O)(=O)N[C@]2(CCC(C)C)C(=O)C(C3=NS(=O)(=O)c4cc(NS(C)(=O)=O)ccc4N3)C(=O)c3ccccc32)c1. The summed E-state index contributed by atoms with van der Waals surface area (Å²) in [4.78, 5) is 28.2. The number of anilines is 2. The molecule has 2 atom stereocenters. The van der Waals surface area contributed by atoms with Gasteiger partial charge in [-0.25, -0.2) is 16.8 Å². The van der Waals surface area contributed by atoms with E-state index in [-0.39, 0.29) is 51.2 Å². The molecule has 0 saturated heterocycles. The first-order chi connectivity index (χ1) is 22.4. The predicted octanol–water partition coefficient (Wildman–Crippen LogP) is 3.28. The summed E-state index contributed by atoms with van der Waals surface area (Å²) in [5, 5.41) is 2.77. The fourth-order valence-corrected chi connectivity index (χ4v) is 9.06. The second kappa shape index (κ2) is 12.6. The number of amidine groups is 1. The lowest BCUT2D eigenvalue weighted by Crippen LogP contribution is -2.60. The molecule has 0 bridgehead atoms. The predicted molar refractivity (Wildman–Crippen MR) is 178 cm³/mol. The Morgan fingerprint density at radius 1 is 0.979 bits per heavy atom. The summed E-state index contributed by atoms with van der Waals surface area (Å²) >= 11 is 0. The largest absolute Gasteiger partial charge is 0.497 e. The van der Waals surface area contributed by atoms with Crippen LogP contribution in [-0.2, 0) is 40.4 Å². The van der Waals surface area contributed by atoms with Crippen LogP contribution in [0.4, 0.5) is 11.4 Å². The zero-order chi connectivity index (χ0) is 35.2. The standard InChI is InChI=1S/C31H34N4O10S3/c1-18(2)14-15-31(35-48(42,43)26-17-20(44-3)11-13-24(26)45-4)22-9-7-6-8-21(22)28(36)27(29(31)37)30-32-23-12-10-19(33-46(5,38)39)16-25(23)47(40,41)34-30/h6-13,16-18,27,33,35H,14-15H2,1-5H3,(H,32,34)/t27?,31-/m0/s1. The first kappa shape index (κ1) is 35.0. The van der Waals surface area contributed by atoms with Gasteiger partial charge in [0, 0.05) is 17.3 Å². The van der Waals surface area contributed by atoms with Crippen LogP contribution < -0.4 is 24.2 Å². The molecule has 3 aromatic carbocycles. The first-order valence-electron chi connectivity index (χ1n) is 14.6. The Morgan fingerprint density at radius 3 is 2.33 bits per heavy atom. The molecule has 1 heterocycles. The number of hydrogen-bond acceptors (Lipinski definition) is 11. The smallest absolute Gasteiger partial charge is 0.286 e. The number of fused-ring (bicyclic) bond motifs is 2. The van der Waals surface area contributed by atoms with Crippen LogP contribution >= 0.6 is 0 Å². The number of Topliss-reactive ketones (excluding diaryl/α,β-unsaturated/α-hetero) is 2. The number of carbonyl (C=O) groups excluding carboxylic acids is 2. The zero-order valence-corrected chi connectivity index (χ0v) is 29.0. The van der Waals surface area contributed by atoms with E-state index in [1.165, 1.54) is 56.7 Å². The molecule has 0 saturated carbocycles. The Bertz CT molecular complexity index is 2180. The number of ketones is 2. The van der Waals surface area contributed by atoms with Crippen LogP contribution in [0.3, 0.4) is 0 Å². The van der Waals surface area contributed by atoms with E-state index >= 15 is 0 Å². The molecule has 2 aliphatic rings. The van der Waals surface area contributed by atoms with Crippen LogP contribution in [0, 0.1) is 11.8 Å². The highest BCUT2D eigenvalue weighted by Gasteiger charge is 2.56. The summed E-state index contributed by atoms with van der Waals surface area (Å²) in [5.41, 5.74) is -2.05. The van der Waals surface area contributed by atoms with Gasteiger partial charge in [-0.1, -0.05) is 38.1 Å². The molecule has 14 nitrogen and oxygen atoms in total. The molecule has 3 N–H and O–H groups in total. The number of nitrogens with one attached hydrogen (secondary N) is 3. The highest BCUT2D eigenvalue weighted by atomic mass is 32.2. The highest BCUT2D eigenvalue weighted by Crippen LogP contribution is 2.43. The van der Waals surface area contributed by atoms with Crippen molar-refractivity contribution in [1.29, 1.82) is 0 Å². The number of methoxy groups -OCH3 is 2. The van der Waals surface area contributed by atoms with Crippen molar-refractivity contribution in [1.82, 2.24) is 4.72 Å². The van der Waals surface area contributed by atoms with Crippen molar-refractivity contribution in [3.63, 3.8) is 0 Å². The number of benzene rings is 3. The number of ether oxygens (including phenoxy) is 2. The van der Waals surface area contributed by atoms with E-state index in [1.807, 2.05) is 13.8 Å². The summed E-state index contributed by atoms with van der Waals surface area (Å²) in [7, 11) is -10.3. The van der Waals surface area contributed by atoms with Gasteiger partial charge in [0.25, 0.3) is 10.0 Å². The van der Waals surface area contributed by atoms with Crippen LogP contribution in [0.2, 0.25) is 0 Å². The lowest BCUT2D eigenvalue weighted by Gasteiger charge is -2.41. The molecule has 48 heavy (non-hydrogen) atoms. The lowest BCUT2D eigenvalue weighted by atomic mass is 9.67. The Balaban J connectivity index is 1.69. The monoisotopic (exact) mass is 718 g/mol.